The minimum atomic E-state index is -1.09. The molecule has 0 spiro atoms. The molecule has 2 aromatic rings. The number of hydrogen-bond acceptors (Lipinski definition) is 7. The van der Waals surface area contributed by atoms with Crippen molar-refractivity contribution in [2.24, 2.45) is 10.9 Å². The summed E-state index contributed by atoms with van der Waals surface area (Å²) in [5.74, 6) is -0.0800. The third-order valence-electron chi connectivity index (χ3n) is 8.36. The van der Waals surface area contributed by atoms with Gasteiger partial charge in [0.05, 0.1) is 29.2 Å². The lowest BCUT2D eigenvalue weighted by Gasteiger charge is -2.36. The predicted molar refractivity (Wildman–Crippen MR) is 160 cm³/mol. The fraction of sp³-hybridized carbons (Fsp3) is 0.516. The fourth-order valence-electron chi connectivity index (χ4n) is 5.46. The molecular formula is C31H38BFN2O5S. The number of thioether (sulfide) groups is 1. The summed E-state index contributed by atoms with van der Waals surface area (Å²) in [7, 11) is -0.682. The van der Waals surface area contributed by atoms with Crippen LogP contribution in [-0.2, 0) is 19.6 Å². The maximum atomic E-state index is 15.9. The molecule has 1 amide bonds. The molecule has 3 heterocycles. The van der Waals surface area contributed by atoms with Crippen molar-refractivity contribution in [3.05, 3.63) is 65.5 Å². The molecule has 0 aliphatic carbocycles. The average molecular weight is 581 g/mol. The SMILES string of the molecule is CC(C)(C)OC(=O)N1C[C@H]2CSC(CC(=O)c3ccccc3)=N[C@@]2(c2cc(B3OC(C)(C)C(C)(C)O3)ccc2F)C1. The summed E-state index contributed by atoms with van der Waals surface area (Å²) in [6.07, 6.45) is -0.357. The van der Waals surface area contributed by atoms with Gasteiger partial charge in [0, 0.05) is 29.3 Å². The quantitative estimate of drug-likeness (QED) is 0.338. The predicted octanol–water partition coefficient (Wildman–Crippen LogP) is 5.61. The lowest BCUT2D eigenvalue weighted by molar-refractivity contribution is 0.00578. The van der Waals surface area contributed by atoms with Crippen LogP contribution in [0.1, 0.15) is 70.8 Å². The van der Waals surface area contributed by atoms with Crippen LogP contribution in [0.25, 0.3) is 0 Å². The average Bonchev–Trinajstić information content (AvgIpc) is 3.37. The number of likely N-dealkylation sites (tertiary alicyclic amines) is 1. The molecular weight excluding hydrogens is 542 g/mol. The molecule has 2 saturated heterocycles. The Hall–Kier alpha value is -2.69. The first-order valence-electron chi connectivity index (χ1n) is 14.0. The number of carbonyl (C=O) groups is 2. The van der Waals surface area contributed by atoms with Crippen molar-refractivity contribution in [1.29, 1.82) is 0 Å². The molecule has 2 aromatic carbocycles. The Kier molecular flexibility index (Phi) is 7.66. The van der Waals surface area contributed by atoms with Crippen molar-refractivity contribution in [2.75, 3.05) is 18.8 Å². The third-order valence-corrected chi connectivity index (χ3v) is 9.50. The van der Waals surface area contributed by atoms with Gasteiger partial charge in [0.1, 0.15) is 17.0 Å². The van der Waals surface area contributed by atoms with E-state index in [9.17, 15) is 9.59 Å². The van der Waals surface area contributed by atoms with Crippen molar-refractivity contribution in [2.45, 2.75) is 77.2 Å². The second-order valence-electron chi connectivity index (χ2n) is 13.1. The maximum absolute atomic E-state index is 15.9. The van der Waals surface area contributed by atoms with Gasteiger partial charge in [-0.1, -0.05) is 42.5 Å². The van der Waals surface area contributed by atoms with Gasteiger partial charge >= 0.3 is 13.2 Å². The summed E-state index contributed by atoms with van der Waals surface area (Å²) in [6.45, 7) is 13.9. The second-order valence-corrected chi connectivity index (χ2v) is 14.2. The number of aliphatic imine (C=N–C) groups is 1. The number of nitrogens with zero attached hydrogens (tertiary/aromatic N) is 2. The first-order chi connectivity index (χ1) is 19.1. The van der Waals surface area contributed by atoms with Gasteiger partial charge in [-0.3, -0.25) is 9.79 Å². The molecule has 41 heavy (non-hydrogen) atoms. The molecule has 218 valence electrons. The molecule has 5 rings (SSSR count). The van der Waals surface area contributed by atoms with E-state index in [0.29, 0.717) is 33.9 Å². The van der Waals surface area contributed by atoms with E-state index < -0.39 is 41.4 Å². The molecule has 0 bridgehead atoms. The number of amides is 1. The van der Waals surface area contributed by atoms with E-state index in [2.05, 4.69) is 0 Å². The zero-order chi connectivity index (χ0) is 29.8. The number of hydrogen-bond donors (Lipinski definition) is 0. The third kappa shape index (κ3) is 5.83. The van der Waals surface area contributed by atoms with Crippen LogP contribution in [0.2, 0.25) is 0 Å². The minimum Gasteiger partial charge on any atom is -0.444 e. The zero-order valence-corrected chi connectivity index (χ0v) is 25.6. The highest BCUT2D eigenvalue weighted by Gasteiger charge is 2.55. The van der Waals surface area contributed by atoms with Crippen LogP contribution in [0.3, 0.4) is 0 Å². The van der Waals surface area contributed by atoms with E-state index in [1.807, 2.05) is 66.7 Å². The summed E-state index contributed by atoms with van der Waals surface area (Å²) >= 11 is 1.50. The molecule has 3 aliphatic rings. The van der Waals surface area contributed by atoms with Gasteiger partial charge < -0.3 is 18.9 Å². The summed E-state index contributed by atoms with van der Waals surface area (Å²) in [4.78, 5) is 33.0. The zero-order valence-electron chi connectivity index (χ0n) is 24.8. The molecule has 0 N–H and O–H groups in total. The van der Waals surface area contributed by atoms with E-state index in [1.165, 1.54) is 17.8 Å². The maximum Gasteiger partial charge on any atom is 0.494 e. The van der Waals surface area contributed by atoms with Gasteiger partial charge in [0.15, 0.2) is 5.78 Å². The van der Waals surface area contributed by atoms with Crippen molar-refractivity contribution in [3.63, 3.8) is 0 Å². The monoisotopic (exact) mass is 580 g/mol. The summed E-state index contributed by atoms with van der Waals surface area (Å²) in [6, 6.07) is 13.9. The highest BCUT2D eigenvalue weighted by molar-refractivity contribution is 8.14. The topological polar surface area (TPSA) is 77.4 Å². The molecule has 10 heteroatoms. The highest BCUT2D eigenvalue weighted by atomic mass is 32.2. The number of fused-ring (bicyclic) bond motifs is 1. The van der Waals surface area contributed by atoms with Crippen molar-refractivity contribution in [1.82, 2.24) is 4.90 Å². The second kappa shape index (κ2) is 10.5. The summed E-state index contributed by atoms with van der Waals surface area (Å²) in [5.41, 5.74) is -1.23. The van der Waals surface area contributed by atoms with Crippen LogP contribution in [0.5, 0.6) is 0 Å². The summed E-state index contributed by atoms with van der Waals surface area (Å²) < 4.78 is 34.1. The number of halogens is 1. The Morgan fingerprint density at radius 2 is 1.76 bits per heavy atom. The van der Waals surface area contributed by atoms with Gasteiger partial charge in [0.2, 0.25) is 0 Å². The number of ether oxygens (including phenoxy) is 1. The van der Waals surface area contributed by atoms with E-state index in [4.69, 9.17) is 19.0 Å². The number of rotatable bonds is 5. The molecule has 3 aliphatic heterocycles. The van der Waals surface area contributed by atoms with Gasteiger partial charge in [-0.2, -0.15) is 0 Å². The van der Waals surface area contributed by atoms with Crippen molar-refractivity contribution < 1.29 is 28.0 Å². The van der Waals surface area contributed by atoms with E-state index in [-0.39, 0.29) is 24.7 Å². The van der Waals surface area contributed by atoms with Gasteiger partial charge in [-0.25, -0.2) is 9.18 Å². The highest BCUT2D eigenvalue weighted by Crippen LogP contribution is 2.47. The number of carbonyl (C=O) groups excluding carboxylic acids is 2. The lowest BCUT2D eigenvalue weighted by Crippen LogP contribution is -2.42. The molecule has 7 nitrogen and oxygen atoms in total. The normalized spacial score (nSPS) is 25.1. The van der Waals surface area contributed by atoms with Gasteiger partial charge in [-0.05, 0) is 60.0 Å². The minimum absolute atomic E-state index is 0.0566. The largest absolute Gasteiger partial charge is 0.494 e. The molecule has 2 fully saturated rings. The number of Topliss-reactive ketones (excluding diaryl/α,β-unsaturated/α-hetero) is 1. The van der Waals surface area contributed by atoms with Crippen molar-refractivity contribution >= 4 is 41.3 Å². The molecule has 0 unspecified atom stereocenters. The Balaban J connectivity index is 1.55. The number of benzene rings is 2. The van der Waals surface area contributed by atoms with E-state index in [0.717, 1.165) is 0 Å². The van der Waals surface area contributed by atoms with Gasteiger partial charge in [-0.15, -0.1) is 11.8 Å². The van der Waals surface area contributed by atoms with Gasteiger partial charge in [0.25, 0.3) is 0 Å². The lowest BCUT2D eigenvalue weighted by atomic mass is 9.74. The molecule has 0 aromatic heterocycles. The smallest absolute Gasteiger partial charge is 0.444 e. The molecule has 0 saturated carbocycles. The Morgan fingerprint density at radius 3 is 2.39 bits per heavy atom. The first kappa shape index (κ1) is 29.8. The van der Waals surface area contributed by atoms with Crippen LogP contribution >= 0.6 is 11.8 Å². The van der Waals surface area contributed by atoms with Crippen LogP contribution in [0.15, 0.2) is 53.5 Å². The summed E-state index contributed by atoms with van der Waals surface area (Å²) in [5, 5.41) is 0.626. The molecule has 0 radical (unpaired) electrons. The van der Waals surface area contributed by atoms with E-state index in [1.54, 1.807) is 29.2 Å². The van der Waals surface area contributed by atoms with Crippen molar-refractivity contribution in [3.8, 4) is 0 Å². The molecule has 2 atom stereocenters. The van der Waals surface area contributed by atoms with Crippen LogP contribution < -0.4 is 5.46 Å². The van der Waals surface area contributed by atoms with Crippen LogP contribution in [0.4, 0.5) is 9.18 Å². The Bertz CT molecular complexity index is 1360. The van der Waals surface area contributed by atoms with E-state index >= 15 is 4.39 Å². The van der Waals surface area contributed by atoms with Crippen LogP contribution in [0, 0.1) is 11.7 Å². The Labute approximate surface area is 246 Å². The Morgan fingerprint density at radius 1 is 1.10 bits per heavy atom. The number of ketones is 1. The van der Waals surface area contributed by atoms with Crippen LogP contribution in [-0.4, -0.2) is 64.6 Å². The first-order valence-corrected chi connectivity index (χ1v) is 15.0. The fourth-order valence-corrected chi connectivity index (χ4v) is 6.69. The standard InChI is InChI=1S/C31H38BFN2O5S/c1-28(2,3)38-27(37)35-17-21-18-41-26(16-25(36)20-11-9-8-10-12-20)34-31(21,19-35)23-15-22(13-14-24(23)33)32-39-29(4,5)30(6,7)40-32/h8-15,21H,16-19H2,1-7H3/t21-,31-/m0/s1.